The van der Waals surface area contributed by atoms with E-state index < -0.39 is 0 Å². The Hall–Kier alpha value is -0.810. The van der Waals surface area contributed by atoms with E-state index >= 15 is 0 Å². The Bertz CT molecular complexity index is 301. The average molecular weight is 283 g/mol. The van der Waals surface area contributed by atoms with Gasteiger partial charge in [0.1, 0.15) is 0 Å². The van der Waals surface area contributed by atoms with E-state index in [4.69, 9.17) is 0 Å². The minimum atomic E-state index is 0.498. The molecule has 118 valence electrons. The number of guanidine groups is 1. The van der Waals surface area contributed by atoms with Crippen LogP contribution < -0.4 is 10.6 Å². The number of aliphatic imine (C=N–C) groups is 1. The van der Waals surface area contributed by atoms with Gasteiger partial charge in [0, 0.05) is 38.8 Å². The highest BCUT2D eigenvalue weighted by molar-refractivity contribution is 5.80. The Morgan fingerprint density at radius 1 is 1.35 bits per heavy atom. The van der Waals surface area contributed by atoms with Crippen molar-refractivity contribution in [3.05, 3.63) is 0 Å². The minimum absolute atomic E-state index is 0.498. The fourth-order valence-corrected chi connectivity index (χ4v) is 2.59. The van der Waals surface area contributed by atoms with Crippen LogP contribution in [-0.4, -0.2) is 75.2 Å². The number of rotatable bonds is 6. The third-order valence-corrected chi connectivity index (χ3v) is 3.99. The summed E-state index contributed by atoms with van der Waals surface area (Å²) in [6.45, 7) is 11.2. The molecular weight excluding hydrogens is 250 g/mol. The molecule has 0 spiro atoms. The summed E-state index contributed by atoms with van der Waals surface area (Å²) in [6, 6.07) is 1.12. The third kappa shape index (κ3) is 5.67. The van der Waals surface area contributed by atoms with Crippen molar-refractivity contribution in [3.63, 3.8) is 0 Å². The van der Waals surface area contributed by atoms with E-state index in [2.05, 4.69) is 60.3 Å². The van der Waals surface area contributed by atoms with Crippen LogP contribution in [0.5, 0.6) is 0 Å². The molecule has 1 fully saturated rings. The van der Waals surface area contributed by atoms with Crippen molar-refractivity contribution in [2.45, 2.75) is 39.3 Å². The van der Waals surface area contributed by atoms with E-state index in [1.54, 1.807) is 0 Å². The monoisotopic (exact) mass is 283 g/mol. The molecule has 20 heavy (non-hydrogen) atoms. The van der Waals surface area contributed by atoms with Gasteiger partial charge in [0.05, 0.1) is 0 Å². The van der Waals surface area contributed by atoms with Crippen LogP contribution in [-0.2, 0) is 0 Å². The summed E-state index contributed by atoms with van der Waals surface area (Å²) in [5, 5.41) is 6.98. The quantitative estimate of drug-likeness (QED) is 0.430. The van der Waals surface area contributed by atoms with Gasteiger partial charge in [-0.15, -0.1) is 0 Å². The van der Waals surface area contributed by atoms with Crippen molar-refractivity contribution >= 4 is 5.96 Å². The number of nitrogens with one attached hydrogen (secondary N) is 2. The second kappa shape index (κ2) is 8.47. The second-order valence-corrected chi connectivity index (χ2v) is 6.43. The zero-order chi connectivity index (χ0) is 15.1. The molecule has 1 saturated heterocycles. The van der Waals surface area contributed by atoms with E-state index in [1.165, 1.54) is 6.54 Å². The zero-order valence-corrected chi connectivity index (χ0v) is 14.1. The molecule has 0 bridgehead atoms. The van der Waals surface area contributed by atoms with Crippen LogP contribution in [0.3, 0.4) is 0 Å². The number of hydrogen-bond donors (Lipinski definition) is 2. The molecule has 0 aliphatic carbocycles. The predicted octanol–water partition coefficient (Wildman–Crippen LogP) is 0.832. The molecule has 2 N–H and O–H groups in total. The van der Waals surface area contributed by atoms with Crippen LogP contribution in [0.15, 0.2) is 4.99 Å². The van der Waals surface area contributed by atoms with Crippen LogP contribution in [0.25, 0.3) is 0 Å². The van der Waals surface area contributed by atoms with Gasteiger partial charge in [0.2, 0.25) is 0 Å². The van der Waals surface area contributed by atoms with Gasteiger partial charge in [-0.3, -0.25) is 9.89 Å². The first-order valence-electron chi connectivity index (χ1n) is 7.80. The largest absolute Gasteiger partial charge is 0.356 e. The lowest BCUT2D eigenvalue weighted by Crippen LogP contribution is -2.47. The van der Waals surface area contributed by atoms with Crippen molar-refractivity contribution in [2.75, 3.05) is 47.3 Å². The van der Waals surface area contributed by atoms with Crippen molar-refractivity contribution in [2.24, 2.45) is 10.9 Å². The number of hydrogen-bond acceptors (Lipinski definition) is 3. The fourth-order valence-electron chi connectivity index (χ4n) is 2.59. The van der Waals surface area contributed by atoms with Crippen molar-refractivity contribution in [1.82, 2.24) is 20.4 Å². The van der Waals surface area contributed by atoms with Crippen molar-refractivity contribution in [1.29, 1.82) is 0 Å². The molecule has 1 aliphatic heterocycles. The van der Waals surface area contributed by atoms with Gasteiger partial charge in [0.25, 0.3) is 0 Å². The molecule has 1 heterocycles. The Kier molecular flexibility index (Phi) is 7.30. The van der Waals surface area contributed by atoms with Crippen LogP contribution in [0.4, 0.5) is 0 Å². The van der Waals surface area contributed by atoms with E-state index in [1.807, 2.05) is 7.05 Å². The predicted molar refractivity (Wildman–Crippen MR) is 87.3 cm³/mol. The van der Waals surface area contributed by atoms with E-state index in [9.17, 15) is 0 Å². The van der Waals surface area contributed by atoms with Gasteiger partial charge in [-0.25, -0.2) is 0 Å². The molecule has 0 amide bonds. The third-order valence-electron chi connectivity index (χ3n) is 3.99. The van der Waals surface area contributed by atoms with Crippen molar-refractivity contribution < 1.29 is 0 Å². The highest BCUT2D eigenvalue weighted by atomic mass is 15.3. The highest BCUT2D eigenvalue weighted by Crippen LogP contribution is 2.18. The maximum Gasteiger partial charge on any atom is 0.191 e. The van der Waals surface area contributed by atoms with Gasteiger partial charge in [-0.2, -0.15) is 0 Å². The van der Waals surface area contributed by atoms with E-state index in [-0.39, 0.29) is 0 Å². The molecule has 0 aromatic rings. The van der Waals surface area contributed by atoms with Gasteiger partial charge in [-0.05, 0) is 46.8 Å². The lowest BCUT2D eigenvalue weighted by atomic mass is 10.1. The van der Waals surface area contributed by atoms with Crippen molar-refractivity contribution in [3.8, 4) is 0 Å². The van der Waals surface area contributed by atoms with Gasteiger partial charge >= 0.3 is 0 Å². The standard InChI is InChI=1S/C15H33N5/c1-12(2)20-10-13(3)14(11-20)18-15(16-4)17-8-7-9-19(5)6/h12-14H,7-11H2,1-6H3,(H2,16,17,18). The summed E-state index contributed by atoms with van der Waals surface area (Å²) in [6.07, 6.45) is 1.13. The first-order chi connectivity index (χ1) is 9.43. The molecule has 5 heteroatoms. The Balaban J connectivity index is 2.34. The number of nitrogens with zero attached hydrogens (tertiary/aromatic N) is 3. The summed E-state index contributed by atoms with van der Waals surface area (Å²) in [4.78, 5) is 9.07. The minimum Gasteiger partial charge on any atom is -0.356 e. The second-order valence-electron chi connectivity index (χ2n) is 6.43. The fraction of sp³-hybridized carbons (Fsp3) is 0.933. The molecule has 0 aromatic carbocycles. The molecule has 0 saturated carbocycles. The first-order valence-corrected chi connectivity index (χ1v) is 7.80. The molecule has 2 unspecified atom stereocenters. The summed E-state index contributed by atoms with van der Waals surface area (Å²) in [7, 11) is 6.06. The molecule has 2 atom stereocenters. The summed E-state index contributed by atoms with van der Waals surface area (Å²) in [5.41, 5.74) is 0. The van der Waals surface area contributed by atoms with E-state index in [0.717, 1.165) is 32.0 Å². The normalized spacial score (nSPS) is 24.7. The molecule has 1 aliphatic rings. The Morgan fingerprint density at radius 2 is 2.05 bits per heavy atom. The first kappa shape index (κ1) is 17.2. The molecule has 5 nitrogen and oxygen atoms in total. The van der Waals surface area contributed by atoms with E-state index in [0.29, 0.717) is 18.0 Å². The highest BCUT2D eigenvalue weighted by Gasteiger charge is 2.31. The van der Waals surface area contributed by atoms with Gasteiger partial charge in [0.15, 0.2) is 5.96 Å². The maximum atomic E-state index is 4.33. The molecule has 0 aromatic heterocycles. The van der Waals surface area contributed by atoms with Crippen LogP contribution in [0, 0.1) is 5.92 Å². The van der Waals surface area contributed by atoms with Crippen LogP contribution >= 0.6 is 0 Å². The van der Waals surface area contributed by atoms with Gasteiger partial charge in [-0.1, -0.05) is 6.92 Å². The summed E-state index contributed by atoms with van der Waals surface area (Å²) in [5.74, 6) is 1.60. The Labute approximate surface area is 124 Å². The summed E-state index contributed by atoms with van der Waals surface area (Å²) >= 11 is 0. The molecule has 0 radical (unpaired) electrons. The lowest BCUT2D eigenvalue weighted by Gasteiger charge is -2.22. The van der Waals surface area contributed by atoms with Crippen LogP contribution in [0.2, 0.25) is 0 Å². The lowest BCUT2D eigenvalue weighted by molar-refractivity contribution is 0.265. The maximum absolute atomic E-state index is 4.33. The van der Waals surface area contributed by atoms with Gasteiger partial charge < -0.3 is 15.5 Å². The Morgan fingerprint density at radius 3 is 2.55 bits per heavy atom. The summed E-state index contributed by atoms with van der Waals surface area (Å²) < 4.78 is 0. The molecule has 1 rings (SSSR count). The zero-order valence-electron chi connectivity index (χ0n) is 14.1. The SMILES string of the molecule is CN=C(NCCCN(C)C)NC1CN(C(C)C)CC1C. The topological polar surface area (TPSA) is 42.9 Å². The average Bonchev–Trinajstić information content (AvgIpc) is 2.74. The van der Waals surface area contributed by atoms with Crippen LogP contribution in [0.1, 0.15) is 27.2 Å². The molecular formula is C15H33N5. The smallest absolute Gasteiger partial charge is 0.191 e. The number of likely N-dealkylation sites (tertiary alicyclic amines) is 1.